The van der Waals surface area contributed by atoms with Gasteiger partial charge in [0, 0.05) is 0 Å². The summed E-state index contributed by atoms with van der Waals surface area (Å²) in [5, 5.41) is 0. The fourth-order valence-corrected chi connectivity index (χ4v) is 2.67. The highest BCUT2D eigenvalue weighted by Gasteiger charge is 2.07. The van der Waals surface area contributed by atoms with E-state index in [1.54, 1.807) is 0 Å². The van der Waals surface area contributed by atoms with Gasteiger partial charge in [-0.05, 0) is 68.9 Å². The van der Waals surface area contributed by atoms with Gasteiger partial charge in [0.25, 0.3) is 0 Å². The molecule has 0 heterocycles. The fourth-order valence-electron chi connectivity index (χ4n) is 2.67. The van der Waals surface area contributed by atoms with Gasteiger partial charge in [-0.1, -0.05) is 41.5 Å². The maximum Gasteiger partial charge on any atom is -0.00178 e. The van der Waals surface area contributed by atoms with E-state index in [0.29, 0.717) is 0 Å². The second-order valence-electron chi connectivity index (χ2n) is 5.48. The Labute approximate surface area is 111 Å². The SMILES string of the molecule is Cc1cc(C)c(Cc2cc(C)ccc2C)c(C)c1. The first kappa shape index (κ1) is 12.9. The summed E-state index contributed by atoms with van der Waals surface area (Å²) in [5.74, 6) is 0. The minimum atomic E-state index is 1.05. The molecule has 0 radical (unpaired) electrons. The Bertz CT molecular complexity index is 554. The van der Waals surface area contributed by atoms with Crippen LogP contribution in [0.15, 0.2) is 30.3 Å². The first-order valence-corrected chi connectivity index (χ1v) is 6.60. The van der Waals surface area contributed by atoms with Gasteiger partial charge in [0.05, 0.1) is 0 Å². The van der Waals surface area contributed by atoms with E-state index in [1.807, 2.05) is 0 Å². The van der Waals surface area contributed by atoms with Crippen molar-refractivity contribution in [2.45, 2.75) is 41.0 Å². The van der Waals surface area contributed by atoms with Gasteiger partial charge in [0.15, 0.2) is 0 Å². The molecule has 0 aliphatic carbocycles. The van der Waals surface area contributed by atoms with Crippen molar-refractivity contribution < 1.29 is 0 Å². The van der Waals surface area contributed by atoms with Gasteiger partial charge in [-0.25, -0.2) is 0 Å². The largest absolute Gasteiger partial charge is 0.0590 e. The van der Waals surface area contributed by atoms with Gasteiger partial charge in [-0.2, -0.15) is 0 Å². The van der Waals surface area contributed by atoms with Gasteiger partial charge >= 0.3 is 0 Å². The molecule has 2 rings (SSSR count). The molecule has 0 heteroatoms. The molecule has 0 N–H and O–H groups in total. The van der Waals surface area contributed by atoms with Crippen molar-refractivity contribution in [2.24, 2.45) is 0 Å². The van der Waals surface area contributed by atoms with Crippen LogP contribution in [0.4, 0.5) is 0 Å². The topological polar surface area (TPSA) is 0 Å². The Balaban J connectivity index is 2.43. The first-order valence-electron chi connectivity index (χ1n) is 6.60. The number of hydrogen-bond acceptors (Lipinski definition) is 0. The van der Waals surface area contributed by atoms with Crippen LogP contribution in [0.3, 0.4) is 0 Å². The number of aryl methyl sites for hydroxylation is 5. The quantitative estimate of drug-likeness (QED) is 0.703. The zero-order valence-corrected chi connectivity index (χ0v) is 12.1. The van der Waals surface area contributed by atoms with Crippen LogP contribution in [-0.2, 0) is 6.42 Å². The molecule has 0 bridgehead atoms. The van der Waals surface area contributed by atoms with Crippen molar-refractivity contribution >= 4 is 0 Å². The molecule has 0 atom stereocenters. The van der Waals surface area contributed by atoms with Crippen molar-refractivity contribution in [2.75, 3.05) is 0 Å². The van der Waals surface area contributed by atoms with Crippen LogP contribution in [0, 0.1) is 34.6 Å². The summed E-state index contributed by atoms with van der Waals surface area (Å²) < 4.78 is 0. The molecule has 0 aliphatic rings. The Morgan fingerprint density at radius 1 is 0.667 bits per heavy atom. The van der Waals surface area contributed by atoms with Gasteiger partial charge < -0.3 is 0 Å². The van der Waals surface area contributed by atoms with E-state index in [0.717, 1.165) is 6.42 Å². The summed E-state index contributed by atoms with van der Waals surface area (Å²) in [7, 11) is 0. The molecule has 94 valence electrons. The molecule has 0 fully saturated rings. The third-order valence-corrected chi connectivity index (χ3v) is 3.71. The summed E-state index contributed by atoms with van der Waals surface area (Å²) in [6, 6.07) is 11.3. The molecule has 18 heavy (non-hydrogen) atoms. The van der Waals surface area contributed by atoms with E-state index >= 15 is 0 Å². The third-order valence-electron chi connectivity index (χ3n) is 3.71. The maximum absolute atomic E-state index is 2.31. The molecule has 0 unspecified atom stereocenters. The molecule has 2 aromatic carbocycles. The number of benzene rings is 2. The summed E-state index contributed by atoms with van der Waals surface area (Å²) in [4.78, 5) is 0. The minimum Gasteiger partial charge on any atom is -0.0590 e. The van der Waals surface area contributed by atoms with Gasteiger partial charge in [0.1, 0.15) is 0 Å². The Kier molecular flexibility index (Phi) is 3.56. The fraction of sp³-hybridized carbons (Fsp3) is 0.333. The average molecular weight is 238 g/mol. The van der Waals surface area contributed by atoms with E-state index < -0.39 is 0 Å². The van der Waals surface area contributed by atoms with Crippen molar-refractivity contribution in [1.29, 1.82) is 0 Å². The third kappa shape index (κ3) is 2.64. The summed E-state index contributed by atoms with van der Waals surface area (Å²) in [5.41, 5.74) is 9.84. The Morgan fingerprint density at radius 3 is 1.89 bits per heavy atom. The highest BCUT2D eigenvalue weighted by atomic mass is 14.1. The van der Waals surface area contributed by atoms with Crippen LogP contribution in [0.1, 0.15) is 38.9 Å². The summed E-state index contributed by atoms with van der Waals surface area (Å²) in [6.07, 6.45) is 1.05. The molecular weight excluding hydrogens is 216 g/mol. The molecule has 0 saturated heterocycles. The van der Waals surface area contributed by atoms with Crippen molar-refractivity contribution in [3.05, 3.63) is 69.3 Å². The molecule has 0 aromatic heterocycles. The van der Waals surface area contributed by atoms with Crippen molar-refractivity contribution in [1.82, 2.24) is 0 Å². The van der Waals surface area contributed by atoms with E-state index in [2.05, 4.69) is 65.0 Å². The summed E-state index contributed by atoms with van der Waals surface area (Å²) in [6.45, 7) is 11.0. The predicted octanol–water partition coefficient (Wildman–Crippen LogP) is 4.82. The van der Waals surface area contributed by atoms with Crippen LogP contribution in [0.25, 0.3) is 0 Å². The Morgan fingerprint density at radius 2 is 1.28 bits per heavy atom. The van der Waals surface area contributed by atoms with E-state index in [4.69, 9.17) is 0 Å². The highest BCUT2D eigenvalue weighted by Crippen LogP contribution is 2.22. The minimum absolute atomic E-state index is 1.05. The average Bonchev–Trinajstić information content (AvgIpc) is 2.28. The molecule has 0 aliphatic heterocycles. The van der Waals surface area contributed by atoms with Crippen LogP contribution in [0.5, 0.6) is 0 Å². The number of hydrogen-bond donors (Lipinski definition) is 0. The van der Waals surface area contributed by atoms with Crippen LogP contribution in [0.2, 0.25) is 0 Å². The molecular formula is C18H22. The lowest BCUT2D eigenvalue weighted by Crippen LogP contribution is -1.99. The van der Waals surface area contributed by atoms with Gasteiger partial charge in [-0.3, -0.25) is 0 Å². The van der Waals surface area contributed by atoms with E-state index in [9.17, 15) is 0 Å². The highest BCUT2D eigenvalue weighted by molar-refractivity contribution is 5.43. The lowest BCUT2D eigenvalue weighted by atomic mass is 9.92. The van der Waals surface area contributed by atoms with Gasteiger partial charge in [0.2, 0.25) is 0 Å². The molecule has 0 amide bonds. The normalized spacial score (nSPS) is 10.7. The Hall–Kier alpha value is -1.56. The second kappa shape index (κ2) is 4.97. The van der Waals surface area contributed by atoms with Crippen molar-refractivity contribution in [3.63, 3.8) is 0 Å². The smallest absolute Gasteiger partial charge is 0.00178 e. The molecule has 0 spiro atoms. The van der Waals surface area contributed by atoms with E-state index in [1.165, 1.54) is 38.9 Å². The van der Waals surface area contributed by atoms with Crippen LogP contribution >= 0.6 is 0 Å². The zero-order chi connectivity index (χ0) is 13.3. The summed E-state index contributed by atoms with van der Waals surface area (Å²) >= 11 is 0. The maximum atomic E-state index is 2.31. The van der Waals surface area contributed by atoms with Crippen molar-refractivity contribution in [3.8, 4) is 0 Å². The predicted molar refractivity (Wildman–Crippen MR) is 79.4 cm³/mol. The van der Waals surface area contributed by atoms with Crippen LogP contribution in [-0.4, -0.2) is 0 Å². The first-order chi connectivity index (χ1) is 8.47. The number of rotatable bonds is 2. The zero-order valence-electron chi connectivity index (χ0n) is 12.1. The second-order valence-corrected chi connectivity index (χ2v) is 5.48. The lowest BCUT2D eigenvalue weighted by molar-refractivity contribution is 1.09. The van der Waals surface area contributed by atoms with Crippen LogP contribution < -0.4 is 0 Å². The lowest BCUT2D eigenvalue weighted by Gasteiger charge is -2.13. The van der Waals surface area contributed by atoms with E-state index in [-0.39, 0.29) is 0 Å². The molecule has 2 aromatic rings. The molecule has 0 nitrogen and oxygen atoms in total. The monoisotopic (exact) mass is 238 g/mol. The molecule has 0 saturated carbocycles. The standard InChI is InChI=1S/C18H22/c1-12-6-7-14(3)17(10-12)11-18-15(4)8-13(2)9-16(18)5/h6-10H,11H2,1-5H3. The van der Waals surface area contributed by atoms with Gasteiger partial charge in [-0.15, -0.1) is 0 Å².